The maximum atomic E-state index is 14.5. The van der Waals surface area contributed by atoms with E-state index in [1.807, 2.05) is 0 Å². The molecule has 1 aliphatic rings. The van der Waals surface area contributed by atoms with E-state index < -0.39 is 21.4 Å². The number of anilines is 2. The van der Waals surface area contributed by atoms with Crippen molar-refractivity contribution in [2.24, 2.45) is 0 Å². The number of nitrogens with one attached hydrogen (secondary N) is 2. The van der Waals surface area contributed by atoms with E-state index in [0.717, 1.165) is 6.20 Å². The number of hydrogen-bond acceptors (Lipinski definition) is 7. The summed E-state index contributed by atoms with van der Waals surface area (Å²) < 4.78 is 59.7. The molecule has 0 fully saturated rings. The largest absolute Gasteiger partial charge is 0.490 e. The van der Waals surface area contributed by atoms with E-state index in [2.05, 4.69) is 15.3 Å². The number of aromatic nitrogens is 2. The highest BCUT2D eigenvalue weighted by Gasteiger charge is 2.14. The van der Waals surface area contributed by atoms with Crippen LogP contribution in [0.4, 0.5) is 20.4 Å². The quantitative estimate of drug-likeness (QED) is 0.565. The van der Waals surface area contributed by atoms with E-state index >= 15 is 0 Å². The van der Waals surface area contributed by atoms with Crippen LogP contribution in [-0.4, -0.2) is 33.6 Å². The maximum Gasteiger partial charge on any atom is 0.215 e. The lowest BCUT2D eigenvalue weighted by Gasteiger charge is -2.14. The maximum absolute atomic E-state index is 14.5. The molecular formula is C22H22F2N4O3S. The zero-order chi connectivity index (χ0) is 22.7. The summed E-state index contributed by atoms with van der Waals surface area (Å²) in [6.45, 7) is 0.619. The molecule has 168 valence electrons. The topological polar surface area (TPSA) is 97.2 Å². The second kappa shape index (κ2) is 9.07. The molecule has 0 saturated heterocycles. The molecule has 32 heavy (non-hydrogen) atoms. The minimum Gasteiger partial charge on any atom is -0.490 e. The molecule has 4 rings (SSSR count). The summed E-state index contributed by atoms with van der Waals surface area (Å²) in [5.41, 5.74) is 1.28. The molecule has 2 N–H and O–H groups in total. The first kappa shape index (κ1) is 21.9. The smallest absolute Gasteiger partial charge is 0.215 e. The normalized spacial score (nSPS) is 15.6. The first-order valence-corrected chi connectivity index (χ1v) is 12.1. The molecule has 10 heteroatoms. The fraction of sp³-hybridized carbons (Fsp3) is 0.273. The average molecular weight is 461 g/mol. The summed E-state index contributed by atoms with van der Waals surface area (Å²) in [6.07, 6.45) is 3.67. The Labute approximate surface area is 184 Å². The summed E-state index contributed by atoms with van der Waals surface area (Å²) in [6, 6.07) is 8.96. The molecular weight excluding hydrogens is 438 g/mol. The highest BCUT2D eigenvalue weighted by molar-refractivity contribution is 7.90. The predicted octanol–water partition coefficient (Wildman–Crippen LogP) is 4.89. The summed E-state index contributed by atoms with van der Waals surface area (Å²) in [7, 11) is -2.78. The minimum atomic E-state index is -2.78. The van der Waals surface area contributed by atoms with Crippen LogP contribution in [0.25, 0.3) is 11.1 Å². The number of rotatable bonds is 2. The highest BCUT2D eigenvalue weighted by atomic mass is 32.2. The number of pyridine rings is 2. The molecule has 2 aromatic heterocycles. The Morgan fingerprint density at radius 1 is 1.06 bits per heavy atom. The molecule has 3 aromatic rings. The van der Waals surface area contributed by atoms with Gasteiger partial charge in [0.05, 0.1) is 25.2 Å². The molecule has 7 nitrogen and oxygen atoms in total. The van der Waals surface area contributed by atoms with Gasteiger partial charge in [-0.05, 0) is 48.2 Å². The Hall–Kier alpha value is -3.27. The summed E-state index contributed by atoms with van der Waals surface area (Å²) in [5, 5.41) is 3.01. The van der Waals surface area contributed by atoms with Crippen LogP contribution in [0.15, 0.2) is 42.6 Å². The van der Waals surface area contributed by atoms with Crippen molar-refractivity contribution in [2.75, 3.05) is 24.8 Å². The fourth-order valence-corrected chi connectivity index (χ4v) is 4.11. The third-order valence-corrected chi connectivity index (χ3v) is 5.59. The van der Waals surface area contributed by atoms with Crippen LogP contribution in [0.1, 0.15) is 18.4 Å². The van der Waals surface area contributed by atoms with Crippen molar-refractivity contribution >= 4 is 21.4 Å². The van der Waals surface area contributed by atoms with Gasteiger partial charge in [0.2, 0.25) is 5.88 Å². The van der Waals surface area contributed by atoms with Gasteiger partial charge >= 0.3 is 0 Å². The van der Waals surface area contributed by atoms with Gasteiger partial charge in [-0.1, -0.05) is 6.07 Å². The van der Waals surface area contributed by atoms with Gasteiger partial charge < -0.3 is 14.8 Å². The summed E-state index contributed by atoms with van der Waals surface area (Å²) >= 11 is 0. The minimum absolute atomic E-state index is 0.0366. The zero-order valence-corrected chi connectivity index (χ0v) is 18.2. The first-order valence-electron chi connectivity index (χ1n) is 9.97. The zero-order valence-electron chi connectivity index (χ0n) is 17.4. The van der Waals surface area contributed by atoms with Crippen LogP contribution >= 0.6 is 0 Å². The number of fused-ring (bicyclic) bond motifs is 7. The molecule has 1 atom stereocenters. The van der Waals surface area contributed by atoms with Gasteiger partial charge in [0.15, 0.2) is 11.6 Å². The number of benzene rings is 1. The monoisotopic (exact) mass is 460 g/mol. The molecule has 0 saturated carbocycles. The van der Waals surface area contributed by atoms with Gasteiger partial charge in [-0.25, -0.2) is 18.0 Å². The Morgan fingerprint density at radius 2 is 1.84 bits per heavy atom. The lowest BCUT2D eigenvalue weighted by molar-refractivity contribution is 0.255. The van der Waals surface area contributed by atoms with Gasteiger partial charge in [0.1, 0.15) is 17.5 Å². The van der Waals surface area contributed by atoms with Crippen molar-refractivity contribution in [3.05, 3.63) is 59.8 Å². The SMILES string of the molecule is CS(=N)(=O)Cc1cc2nc(c1)OCCCCOc1cc(ccc1F)-c1cc(ncc1F)N2. The van der Waals surface area contributed by atoms with Gasteiger partial charge in [-0.2, -0.15) is 4.98 Å². The molecule has 1 aliphatic heterocycles. The summed E-state index contributed by atoms with van der Waals surface area (Å²) in [5.74, 6) is -0.0288. The van der Waals surface area contributed by atoms with Crippen LogP contribution in [0, 0.1) is 16.4 Å². The fourth-order valence-electron chi connectivity index (χ4n) is 3.30. The third kappa shape index (κ3) is 5.50. The molecule has 6 bridgehead atoms. The van der Waals surface area contributed by atoms with E-state index in [0.29, 0.717) is 48.1 Å². The first-order chi connectivity index (χ1) is 15.3. The number of ether oxygens (including phenoxy) is 2. The van der Waals surface area contributed by atoms with E-state index in [1.165, 1.54) is 30.5 Å². The van der Waals surface area contributed by atoms with Crippen molar-refractivity contribution in [2.45, 2.75) is 18.6 Å². The Bertz CT molecular complexity index is 1250. The van der Waals surface area contributed by atoms with Crippen LogP contribution < -0.4 is 14.8 Å². The molecule has 0 radical (unpaired) electrons. The van der Waals surface area contributed by atoms with E-state index in [-0.39, 0.29) is 23.7 Å². The standard InChI is InChI=1S/C22H22F2N4O3S/c1-32(25,29)13-14-8-21-27-20-11-16(18(24)12-26-20)15-4-5-17(23)19(10-15)30-6-2-3-7-31-22(9-14)28-21/h4-5,8-12,25H,2-3,6-7,13H2,1H3,(H,26,27,28). The van der Waals surface area contributed by atoms with Crippen molar-refractivity contribution in [3.63, 3.8) is 0 Å². The van der Waals surface area contributed by atoms with Crippen molar-refractivity contribution < 1.29 is 22.5 Å². The van der Waals surface area contributed by atoms with E-state index in [1.54, 1.807) is 12.1 Å². The molecule has 0 aliphatic carbocycles. The van der Waals surface area contributed by atoms with Crippen molar-refractivity contribution in [3.8, 4) is 22.8 Å². The van der Waals surface area contributed by atoms with Gasteiger partial charge in [0.25, 0.3) is 0 Å². The van der Waals surface area contributed by atoms with E-state index in [4.69, 9.17) is 14.3 Å². The lowest BCUT2D eigenvalue weighted by atomic mass is 10.1. The second-order valence-electron chi connectivity index (χ2n) is 7.57. The molecule has 1 unspecified atom stereocenters. The van der Waals surface area contributed by atoms with Crippen molar-refractivity contribution in [1.82, 2.24) is 9.97 Å². The molecule has 3 heterocycles. The number of nitrogens with zero attached hydrogens (tertiary/aromatic N) is 2. The van der Waals surface area contributed by atoms with E-state index in [9.17, 15) is 13.0 Å². The highest BCUT2D eigenvalue weighted by Crippen LogP contribution is 2.31. The Kier molecular flexibility index (Phi) is 6.22. The molecule has 1 aromatic carbocycles. The number of hydrogen-bond donors (Lipinski definition) is 2. The lowest BCUT2D eigenvalue weighted by Crippen LogP contribution is -2.07. The summed E-state index contributed by atoms with van der Waals surface area (Å²) in [4.78, 5) is 8.46. The van der Waals surface area contributed by atoms with Gasteiger partial charge in [-0.15, -0.1) is 0 Å². The third-order valence-electron chi connectivity index (χ3n) is 4.70. The Morgan fingerprint density at radius 3 is 2.62 bits per heavy atom. The van der Waals surface area contributed by atoms with Gasteiger partial charge in [0, 0.05) is 27.6 Å². The van der Waals surface area contributed by atoms with Crippen LogP contribution in [0.5, 0.6) is 11.6 Å². The average Bonchev–Trinajstić information content (AvgIpc) is 2.71. The predicted molar refractivity (Wildman–Crippen MR) is 118 cm³/mol. The van der Waals surface area contributed by atoms with Gasteiger partial charge in [-0.3, -0.25) is 4.78 Å². The van der Waals surface area contributed by atoms with Crippen LogP contribution in [0.3, 0.4) is 0 Å². The van der Waals surface area contributed by atoms with Crippen LogP contribution in [-0.2, 0) is 15.5 Å². The van der Waals surface area contributed by atoms with Crippen LogP contribution in [0.2, 0.25) is 0 Å². The second-order valence-corrected chi connectivity index (χ2v) is 9.87. The number of halogens is 2. The Balaban J connectivity index is 1.77. The van der Waals surface area contributed by atoms with Crippen molar-refractivity contribution in [1.29, 1.82) is 4.78 Å². The molecule has 0 amide bonds. The molecule has 0 spiro atoms.